The van der Waals surface area contributed by atoms with E-state index >= 15 is 0 Å². The number of likely N-dealkylation sites (tertiary alicyclic amines) is 1. The number of hydrogen-bond acceptors (Lipinski definition) is 6. The molecule has 3 aliphatic carbocycles. The largest absolute Gasteiger partial charge is 0.504 e. The summed E-state index contributed by atoms with van der Waals surface area (Å²) in [5.41, 5.74) is 1.36. The van der Waals surface area contributed by atoms with E-state index in [1.807, 2.05) is 43.4 Å². The standard InChI is InChI=1S/C30H36N2O5/c1-31(28(34)25(36-2)19-6-4-3-5-7-19)21-12-13-30(35)23-16-20-10-11-22(33)26-24(20)29(30,27(21)37-26)14-15-32(23)17-18-8-9-18/h3-7,10-11,18,21,23,25,27,33,35H,8-9,12-17H2,1-2H3/t21?,23-,25?,27?,29-,30?/m0/s1. The monoisotopic (exact) mass is 504 g/mol. The first-order valence-corrected chi connectivity index (χ1v) is 13.7. The third-order valence-corrected chi connectivity index (χ3v) is 10.1. The smallest absolute Gasteiger partial charge is 0.256 e. The van der Waals surface area contributed by atoms with E-state index in [1.54, 1.807) is 18.1 Å². The van der Waals surface area contributed by atoms with E-state index in [0.717, 1.165) is 43.0 Å². The summed E-state index contributed by atoms with van der Waals surface area (Å²) in [6, 6.07) is 13.1. The predicted molar refractivity (Wildman–Crippen MR) is 138 cm³/mol. The minimum absolute atomic E-state index is 0.0222. The summed E-state index contributed by atoms with van der Waals surface area (Å²) in [6.07, 6.45) is 4.17. The second-order valence-electron chi connectivity index (χ2n) is 11.9. The Morgan fingerprint density at radius 2 is 1.97 bits per heavy atom. The molecular weight excluding hydrogens is 468 g/mol. The number of methoxy groups -OCH3 is 1. The van der Waals surface area contributed by atoms with Gasteiger partial charge < -0.3 is 24.6 Å². The van der Waals surface area contributed by atoms with Crippen LogP contribution in [0.15, 0.2) is 42.5 Å². The van der Waals surface area contributed by atoms with Crippen molar-refractivity contribution in [3.05, 3.63) is 59.2 Å². The number of aromatic hydroxyl groups is 1. The molecule has 2 bridgehead atoms. The van der Waals surface area contributed by atoms with E-state index in [1.165, 1.54) is 18.4 Å². The van der Waals surface area contributed by atoms with Crippen molar-refractivity contribution >= 4 is 5.91 Å². The average molecular weight is 505 g/mol. The third kappa shape index (κ3) is 3.14. The fourth-order valence-corrected chi connectivity index (χ4v) is 8.21. The van der Waals surface area contributed by atoms with Crippen LogP contribution in [0.25, 0.3) is 0 Å². The molecule has 3 fully saturated rings. The molecule has 2 aromatic carbocycles. The van der Waals surface area contributed by atoms with Crippen molar-refractivity contribution in [1.82, 2.24) is 9.80 Å². The lowest BCUT2D eigenvalue weighted by Crippen LogP contribution is -2.78. The van der Waals surface area contributed by atoms with Crippen LogP contribution < -0.4 is 4.74 Å². The van der Waals surface area contributed by atoms with Crippen LogP contribution in [0.4, 0.5) is 0 Å². The number of nitrogens with zero attached hydrogens (tertiary/aromatic N) is 2. The maximum atomic E-state index is 13.8. The molecule has 7 rings (SSSR count). The summed E-state index contributed by atoms with van der Waals surface area (Å²) >= 11 is 0. The Hall–Kier alpha value is -2.61. The number of benzene rings is 2. The van der Waals surface area contributed by atoms with E-state index in [0.29, 0.717) is 18.6 Å². The van der Waals surface area contributed by atoms with Gasteiger partial charge in [0.15, 0.2) is 17.6 Å². The van der Waals surface area contributed by atoms with Crippen molar-refractivity contribution in [3.63, 3.8) is 0 Å². The van der Waals surface area contributed by atoms with Crippen LogP contribution >= 0.6 is 0 Å². The first-order valence-electron chi connectivity index (χ1n) is 13.7. The molecule has 0 radical (unpaired) electrons. The lowest BCUT2D eigenvalue weighted by Gasteiger charge is -2.64. The molecule has 5 aliphatic rings. The highest BCUT2D eigenvalue weighted by Crippen LogP contribution is 2.66. The summed E-state index contributed by atoms with van der Waals surface area (Å²) in [4.78, 5) is 18.1. The Morgan fingerprint density at radius 3 is 2.70 bits per heavy atom. The molecule has 1 saturated heterocycles. The maximum Gasteiger partial charge on any atom is 0.256 e. The summed E-state index contributed by atoms with van der Waals surface area (Å²) in [5.74, 6) is 1.25. The molecule has 2 aliphatic heterocycles. The van der Waals surface area contributed by atoms with Gasteiger partial charge in [-0.25, -0.2) is 0 Å². The fourth-order valence-electron chi connectivity index (χ4n) is 8.21. The number of carbonyl (C=O) groups excluding carboxylic acids is 1. The van der Waals surface area contributed by atoms with E-state index in [2.05, 4.69) is 4.90 Å². The van der Waals surface area contributed by atoms with Crippen molar-refractivity contribution in [2.45, 2.75) is 73.8 Å². The second-order valence-corrected chi connectivity index (χ2v) is 11.9. The molecule has 196 valence electrons. The van der Waals surface area contributed by atoms with Gasteiger partial charge in [0.05, 0.1) is 17.1 Å². The molecule has 2 saturated carbocycles. The predicted octanol–water partition coefficient (Wildman–Crippen LogP) is 3.17. The van der Waals surface area contributed by atoms with Crippen molar-refractivity contribution in [1.29, 1.82) is 0 Å². The van der Waals surface area contributed by atoms with Crippen LogP contribution in [-0.2, 0) is 21.4 Å². The van der Waals surface area contributed by atoms with Gasteiger partial charge in [0, 0.05) is 32.3 Å². The number of ether oxygens (including phenoxy) is 2. The number of likely N-dealkylation sites (N-methyl/N-ethyl adjacent to an activating group) is 1. The highest BCUT2D eigenvalue weighted by Gasteiger charge is 2.73. The molecule has 37 heavy (non-hydrogen) atoms. The highest BCUT2D eigenvalue weighted by atomic mass is 16.5. The van der Waals surface area contributed by atoms with Gasteiger partial charge in [0.2, 0.25) is 0 Å². The number of phenols is 1. The van der Waals surface area contributed by atoms with Gasteiger partial charge in [-0.1, -0.05) is 36.4 Å². The fraction of sp³-hybridized carbons (Fsp3) is 0.567. The van der Waals surface area contributed by atoms with Crippen molar-refractivity contribution in [2.24, 2.45) is 5.92 Å². The number of piperidine rings is 1. The zero-order valence-corrected chi connectivity index (χ0v) is 21.6. The Balaban J connectivity index is 1.29. The van der Waals surface area contributed by atoms with E-state index in [-0.39, 0.29) is 23.7 Å². The minimum Gasteiger partial charge on any atom is -0.504 e. The second kappa shape index (κ2) is 8.19. The van der Waals surface area contributed by atoms with Gasteiger partial charge in [0.25, 0.3) is 5.91 Å². The van der Waals surface area contributed by atoms with Gasteiger partial charge in [0.1, 0.15) is 6.10 Å². The number of phenolic OH excluding ortho intramolecular Hbond substituents is 1. The number of carbonyl (C=O) groups is 1. The van der Waals surface area contributed by atoms with Crippen LogP contribution in [0, 0.1) is 5.92 Å². The van der Waals surface area contributed by atoms with Crippen molar-refractivity contribution < 1.29 is 24.5 Å². The Labute approximate surface area is 218 Å². The van der Waals surface area contributed by atoms with Crippen molar-refractivity contribution in [3.8, 4) is 11.5 Å². The molecule has 2 N–H and O–H groups in total. The minimum atomic E-state index is -0.961. The SMILES string of the molecule is COC(C(=O)N(C)C1CCC2(O)[C@@H]3Cc4ccc(O)c5c4[C@@]2(CCN3CC2CC2)C1O5)c1ccccc1. The van der Waals surface area contributed by atoms with E-state index in [9.17, 15) is 15.0 Å². The van der Waals surface area contributed by atoms with Crippen LogP contribution in [0.5, 0.6) is 11.5 Å². The van der Waals surface area contributed by atoms with E-state index in [4.69, 9.17) is 9.47 Å². The maximum absolute atomic E-state index is 13.8. The number of amides is 1. The van der Waals surface area contributed by atoms with Crippen LogP contribution in [0.1, 0.15) is 54.9 Å². The third-order valence-electron chi connectivity index (χ3n) is 10.1. The molecule has 0 aromatic heterocycles. The van der Waals surface area contributed by atoms with E-state index < -0.39 is 23.2 Å². The van der Waals surface area contributed by atoms with Crippen molar-refractivity contribution in [2.75, 3.05) is 27.2 Å². The zero-order chi connectivity index (χ0) is 25.5. The molecular formula is C30H36N2O5. The molecule has 2 heterocycles. The van der Waals surface area contributed by atoms with Gasteiger partial charge in [-0.3, -0.25) is 9.69 Å². The highest BCUT2D eigenvalue weighted by molar-refractivity contribution is 5.82. The first-order chi connectivity index (χ1) is 17.9. The molecule has 1 amide bonds. The molecule has 7 nitrogen and oxygen atoms in total. The Bertz CT molecular complexity index is 1230. The number of rotatable bonds is 6. The molecule has 6 atom stereocenters. The summed E-state index contributed by atoms with van der Waals surface area (Å²) < 4.78 is 12.3. The quantitative estimate of drug-likeness (QED) is 0.629. The van der Waals surface area contributed by atoms with Gasteiger partial charge in [-0.2, -0.15) is 0 Å². The molecule has 2 aromatic rings. The van der Waals surface area contributed by atoms with Gasteiger partial charge in [-0.05, 0) is 68.2 Å². The summed E-state index contributed by atoms with van der Waals surface area (Å²) in [5, 5.41) is 23.5. The van der Waals surface area contributed by atoms with Gasteiger partial charge in [-0.15, -0.1) is 0 Å². The first kappa shape index (κ1) is 23.5. The van der Waals surface area contributed by atoms with Crippen LogP contribution in [0.2, 0.25) is 0 Å². The lowest BCUT2D eigenvalue weighted by molar-refractivity contribution is -0.202. The lowest BCUT2D eigenvalue weighted by atomic mass is 9.48. The average Bonchev–Trinajstić information content (AvgIpc) is 3.65. The zero-order valence-electron chi connectivity index (χ0n) is 21.6. The molecule has 1 spiro atoms. The van der Waals surface area contributed by atoms with Crippen LogP contribution in [0.3, 0.4) is 0 Å². The normalized spacial score (nSPS) is 34.4. The molecule has 7 heteroatoms. The Kier molecular flexibility index (Phi) is 5.20. The number of aliphatic hydroxyl groups is 1. The summed E-state index contributed by atoms with van der Waals surface area (Å²) in [7, 11) is 3.40. The number of hydrogen-bond donors (Lipinski definition) is 2. The van der Waals surface area contributed by atoms with Gasteiger partial charge >= 0.3 is 0 Å². The Morgan fingerprint density at radius 1 is 1.19 bits per heavy atom. The molecule has 4 unspecified atom stereocenters. The van der Waals surface area contributed by atoms with Crippen LogP contribution in [-0.4, -0.2) is 77.0 Å². The topological polar surface area (TPSA) is 82.5 Å². The summed E-state index contributed by atoms with van der Waals surface area (Å²) in [6.45, 7) is 1.94.